The van der Waals surface area contributed by atoms with Crippen LogP contribution in [0.2, 0.25) is 0 Å². The maximum absolute atomic E-state index is 13.1. The Bertz CT molecular complexity index is 997. The fourth-order valence-electron chi connectivity index (χ4n) is 3.31. The van der Waals surface area contributed by atoms with Gasteiger partial charge in [-0.05, 0) is 51.0 Å². The van der Waals surface area contributed by atoms with Crippen LogP contribution in [-0.4, -0.2) is 28.6 Å². The Morgan fingerprint density at radius 1 is 1.32 bits per heavy atom. The van der Waals surface area contributed by atoms with Gasteiger partial charge >= 0.3 is 0 Å². The van der Waals surface area contributed by atoms with Crippen LogP contribution in [0.1, 0.15) is 35.7 Å². The predicted molar refractivity (Wildman–Crippen MR) is 111 cm³/mol. The number of aromatic nitrogens is 1. The van der Waals surface area contributed by atoms with Crippen LogP contribution >= 0.6 is 11.8 Å². The number of anilines is 2. The Balaban J connectivity index is 1.88. The molecule has 1 aliphatic heterocycles. The van der Waals surface area contributed by atoms with E-state index < -0.39 is 0 Å². The van der Waals surface area contributed by atoms with E-state index in [4.69, 9.17) is 0 Å². The number of hydrogen-bond donors (Lipinski definition) is 1. The summed E-state index contributed by atoms with van der Waals surface area (Å²) in [4.78, 5) is 31.4. The molecule has 6 nitrogen and oxygen atoms in total. The number of rotatable bonds is 3. The second-order valence-electron chi connectivity index (χ2n) is 6.91. The van der Waals surface area contributed by atoms with E-state index in [-0.39, 0.29) is 30.0 Å². The van der Waals surface area contributed by atoms with Gasteiger partial charge in [-0.1, -0.05) is 23.9 Å². The molecular weight excluding hydrogens is 372 g/mol. The van der Waals surface area contributed by atoms with E-state index in [0.29, 0.717) is 22.0 Å². The number of fused-ring (bicyclic) bond motifs is 1. The molecule has 2 aromatic rings. The van der Waals surface area contributed by atoms with Crippen LogP contribution in [0.4, 0.5) is 11.4 Å². The summed E-state index contributed by atoms with van der Waals surface area (Å²) in [5.74, 6) is -0.0969. The van der Waals surface area contributed by atoms with Gasteiger partial charge < -0.3 is 10.2 Å². The topological polar surface area (TPSA) is 86.1 Å². The van der Waals surface area contributed by atoms with Crippen molar-refractivity contribution in [2.75, 3.05) is 16.0 Å². The number of nitrogens with zero attached hydrogens (tertiary/aromatic N) is 3. The molecule has 144 valence electrons. The molecule has 1 atom stereocenters. The molecular formula is C21H22N4O2S. The maximum Gasteiger partial charge on any atom is 0.237 e. The molecule has 28 heavy (non-hydrogen) atoms. The number of nitriles is 1. The van der Waals surface area contributed by atoms with E-state index in [1.807, 2.05) is 45.9 Å². The van der Waals surface area contributed by atoms with E-state index in [2.05, 4.69) is 16.4 Å². The van der Waals surface area contributed by atoms with Crippen LogP contribution in [0, 0.1) is 32.1 Å². The van der Waals surface area contributed by atoms with Crippen molar-refractivity contribution in [2.45, 2.75) is 45.2 Å². The molecule has 0 saturated carbocycles. The molecule has 1 N–H and O–H groups in total. The Morgan fingerprint density at radius 3 is 2.75 bits per heavy atom. The molecule has 0 bridgehead atoms. The predicted octanol–water partition coefficient (Wildman–Crippen LogP) is 3.73. The molecule has 0 aliphatic carbocycles. The van der Waals surface area contributed by atoms with Gasteiger partial charge in [0, 0.05) is 18.2 Å². The largest absolute Gasteiger partial charge is 0.324 e. The summed E-state index contributed by atoms with van der Waals surface area (Å²) in [5, 5.41) is 12.9. The van der Waals surface area contributed by atoms with Gasteiger partial charge in [-0.3, -0.25) is 9.59 Å². The maximum atomic E-state index is 13.1. The Hall–Kier alpha value is -2.85. The lowest BCUT2D eigenvalue weighted by Crippen LogP contribution is -2.40. The second-order valence-corrected chi connectivity index (χ2v) is 7.87. The molecule has 1 unspecified atom stereocenters. The van der Waals surface area contributed by atoms with Crippen molar-refractivity contribution < 1.29 is 9.59 Å². The first kappa shape index (κ1) is 19.9. The van der Waals surface area contributed by atoms with Gasteiger partial charge in [0.15, 0.2) is 0 Å². The summed E-state index contributed by atoms with van der Waals surface area (Å²) >= 11 is 1.26. The summed E-state index contributed by atoms with van der Waals surface area (Å²) in [7, 11) is 0. The fourth-order valence-corrected chi connectivity index (χ4v) is 4.26. The van der Waals surface area contributed by atoms with Gasteiger partial charge in [-0.15, -0.1) is 0 Å². The third-order valence-corrected chi connectivity index (χ3v) is 6.00. The van der Waals surface area contributed by atoms with E-state index in [0.717, 1.165) is 16.8 Å². The Morgan fingerprint density at radius 2 is 2.04 bits per heavy atom. The zero-order valence-corrected chi connectivity index (χ0v) is 17.2. The highest BCUT2D eigenvalue weighted by Gasteiger charge is 2.29. The number of amides is 2. The third-order valence-electron chi connectivity index (χ3n) is 5.04. The van der Waals surface area contributed by atoms with E-state index in [1.165, 1.54) is 11.8 Å². The van der Waals surface area contributed by atoms with Crippen molar-refractivity contribution in [2.24, 2.45) is 0 Å². The van der Waals surface area contributed by atoms with Crippen molar-refractivity contribution in [3.63, 3.8) is 0 Å². The molecule has 0 fully saturated rings. The quantitative estimate of drug-likeness (QED) is 0.802. The summed E-state index contributed by atoms with van der Waals surface area (Å²) < 4.78 is 0. The molecule has 0 spiro atoms. The average molecular weight is 395 g/mol. The molecule has 1 aromatic heterocycles. The SMILES string of the molecule is Cc1nc(SCC(=O)N2c3ccccc3NC(=O)CC2C)c(C#N)c(C)c1C. The lowest BCUT2D eigenvalue weighted by molar-refractivity contribution is -0.117. The number of hydrogen-bond acceptors (Lipinski definition) is 5. The third kappa shape index (κ3) is 3.73. The molecule has 1 aromatic carbocycles. The van der Waals surface area contributed by atoms with Crippen molar-refractivity contribution in [3.8, 4) is 6.07 Å². The van der Waals surface area contributed by atoms with Crippen molar-refractivity contribution in [3.05, 3.63) is 46.6 Å². The molecule has 1 aliphatic rings. The van der Waals surface area contributed by atoms with Crippen LogP contribution in [0.3, 0.4) is 0 Å². The van der Waals surface area contributed by atoms with Crippen molar-refractivity contribution >= 4 is 35.0 Å². The highest BCUT2D eigenvalue weighted by Crippen LogP contribution is 2.33. The zero-order valence-electron chi connectivity index (χ0n) is 16.4. The van der Waals surface area contributed by atoms with Crippen LogP contribution < -0.4 is 10.2 Å². The first-order chi connectivity index (χ1) is 13.3. The normalized spacial score (nSPS) is 16.0. The average Bonchev–Trinajstić information content (AvgIpc) is 2.78. The Kier molecular flexibility index (Phi) is 5.71. The molecule has 2 heterocycles. The summed E-state index contributed by atoms with van der Waals surface area (Å²) in [6.07, 6.45) is 0.232. The summed E-state index contributed by atoms with van der Waals surface area (Å²) in [6.45, 7) is 7.61. The van der Waals surface area contributed by atoms with Crippen LogP contribution in [0.5, 0.6) is 0 Å². The lowest BCUT2D eigenvalue weighted by Gasteiger charge is -2.27. The van der Waals surface area contributed by atoms with Gasteiger partial charge in [0.1, 0.15) is 11.1 Å². The van der Waals surface area contributed by atoms with E-state index in [1.54, 1.807) is 11.0 Å². The highest BCUT2D eigenvalue weighted by molar-refractivity contribution is 8.00. The summed E-state index contributed by atoms with van der Waals surface area (Å²) in [6, 6.07) is 9.25. The molecule has 7 heteroatoms. The van der Waals surface area contributed by atoms with Gasteiger partial charge in [0.2, 0.25) is 11.8 Å². The standard InChI is InChI=1S/C21H22N4O2S/c1-12-9-19(26)24-17-7-5-6-8-18(17)25(12)20(27)11-28-21-16(10-22)14(3)13(2)15(4)23-21/h5-8,12H,9,11H2,1-4H3,(H,24,26). The minimum absolute atomic E-state index is 0.110. The first-order valence-electron chi connectivity index (χ1n) is 9.05. The van der Waals surface area contributed by atoms with Gasteiger partial charge in [0.05, 0.1) is 22.7 Å². The Labute approximate surface area is 169 Å². The zero-order chi connectivity index (χ0) is 20.4. The van der Waals surface area contributed by atoms with Gasteiger partial charge in [-0.2, -0.15) is 5.26 Å². The monoisotopic (exact) mass is 394 g/mol. The van der Waals surface area contributed by atoms with E-state index in [9.17, 15) is 14.9 Å². The minimum atomic E-state index is -0.262. The molecule has 2 amide bonds. The number of benzene rings is 1. The number of nitrogens with one attached hydrogen (secondary N) is 1. The molecule has 3 rings (SSSR count). The number of aryl methyl sites for hydroxylation is 1. The van der Waals surface area contributed by atoms with Crippen LogP contribution in [0.15, 0.2) is 29.3 Å². The number of carbonyl (C=O) groups excluding carboxylic acids is 2. The van der Waals surface area contributed by atoms with Gasteiger partial charge in [-0.25, -0.2) is 4.98 Å². The number of para-hydroxylation sites is 2. The summed E-state index contributed by atoms with van der Waals surface area (Å²) in [5.41, 5.74) is 4.58. The van der Waals surface area contributed by atoms with Crippen molar-refractivity contribution in [1.29, 1.82) is 5.26 Å². The van der Waals surface area contributed by atoms with Crippen molar-refractivity contribution in [1.82, 2.24) is 4.98 Å². The fraction of sp³-hybridized carbons (Fsp3) is 0.333. The lowest BCUT2D eigenvalue weighted by atomic mass is 10.1. The van der Waals surface area contributed by atoms with Crippen LogP contribution in [0.25, 0.3) is 0 Å². The number of pyridine rings is 1. The first-order valence-corrected chi connectivity index (χ1v) is 10.0. The molecule has 0 radical (unpaired) electrons. The van der Waals surface area contributed by atoms with Crippen LogP contribution in [-0.2, 0) is 9.59 Å². The smallest absolute Gasteiger partial charge is 0.237 e. The highest BCUT2D eigenvalue weighted by atomic mass is 32.2. The number of thioether (sulfide) groups is 1. The molecule has 0 saturated heterocycles. The van der Waals surface area contributed by atoms with Gasteiger partial charge in [0.25, 0.3) is 0 Å². The van der Waals surface area contributed by atoms with E-state index >= 15 is 0 Å². The minimum Gasteiger partial charge on any atom is -0.324 e. The number of carbonyl (C=O) groups is 2. The second kappa shape index (κ2) is 8.03.